The first kappa shape index (κ1) is 16.9. The highest BCUT2D eigenvalue weighted by Gasteiger charge is 2.19. The van der Waals surface area contributed by atoms with Crippen molar-refractivity contribution in [3.8, 4) is 0 Å². The lowest BCUT2D eigenvalue weighted by Gasteiger charge is -2.19. The van der Waals surface area contributed by atoms with Crippen molar-refractivity contribution in [2.24, 2.45) is 0 Å². The Kier molecular flexibility index (Phi) is 5.98. The molecule has 1 amide bonds. The summed E-state index contributed by atoms with van der Waals surface area (Å²) in [5.41, 5.74) is 1.46. The van der Waals surface area contributed by atoms with E-state index < -0.39 is 10.0 Å². The highest BCUT2D eigenvalue weighted by Crippen LogP contribution is 2.19. The molecule has 1 rings (SSSR count). The molecule has 0 bridgehead atoms. The molecular weight excluding hydrogens is 300 g/mol. The predicted molar refractivity (Wildman–Crippen MR) is 81.5 cm³/mol. The van der Waals surface area contributed by atoms with E-state index in [1.165, 1.54) is 0 Å². The van der Waals surface area contributed by atoms with Crippen LogP contribution in [0.4, 0.5) is 5.69 Å². The third-order valence-corrected chi connectivity index (χ3v) is 4.21. The van der Waals surface area contributed by atoms with Crippen LogP contribution in [0.1, 0.15) is 18.9 Å². The molecule has 0 aliphatic carbocycles. The van der Waals surface area contributed by atoms with Crippen molar-refractivity contribution in [1.29, 1.82) is 0 Å². The van der Waals surface area contributed by atoms with Gasteiger partial charge >= 0.3 is 0 Å². The van der Waals surface area contributed by atoms with E-state index in [1.54, 1.807) is 18.2 Å². The molecule has 0 atom stereocenters. The van der Waals surface area contributed by atoms with Crippen LogP contribution in [0.2, 0.25) is 5.02 Å². The summed E-state index contributed by atoms with van der Waals surface area (Å²) >= 11 is 5.84. The summed E-state index contributed by atoms with van der Waals surface area (Å²) in [7, 11) is -3.38. The monoisotopic (exact) mass is 318 g/mol. The van der Waals surface area contributed by atoms with Crippen LogP contribution < -0.4 is 5.32 Å². The number of carbonyl (C=O) groups is 1. The minimum absolute atomic E-state index is 0.186. The summed E-state index contributed by atoms with van der Waals surface area (Å²) in [5, 5.41) is 3.28. The van der Waals surface area contributed by atoms with E-state index in [2.05, 4.69) is 5.32 Å². The maximum absolute atomic E-state index is 11.9. The first-order valence-corrected chi connectivity index (χ1v) is 8.47. The fourth-order valence-electron chi connectivity index (χ4n) is 1.73. The average Bonchev–Trinajstić information content (AvgIpc) is 2.31. The molecule has 0 spiro atoms. The van der Waals surface area contributed by atoms with E-state index in [9.17, 15) is 13.2 Å². The fraction of sp³-hybridized carbons (Fsp3) is 0.462. The molecule has 0 aromatic heterocycles. The summed E-state index contributed by atoms with van der Waals surface area (Å²) in [6.45, 7) is 3.82. The molecule has 7 heteroatoms. The minimum atomic E-state index is -3.38. The zero-order valence-corrected chi connectivity index (χ0v) is 13.4. The van der Waals surface area contributed by atoms with Crippen LogP contribution in [-0.2, 0) is 14.8 Å². The third-order valence-electron chi connectivity index (χ3n) is 2.72. The van der Waals surface area contributed by atoms with E-state index >= 15 is 0 Å². The first-order chi connectivity index (χ1) is 9.24. The quantitative estimate of drug-likeness (QED) is 0.875. The molecule has 0 saturated heterocycles. The number of amides is 1. The number of nitrogens with zero attached hydrogens (tertiary/aromatic N) is 1. The Balaban J connectivity index is 2.75. The molecule has 0 unspecified atom stereocenters. The Morgan fingerprint density at radius 3 is 2.55 bits per heavy atom. The standard InChI is InChI=1S/C13H19ClN2O3S/c1-4-7-16(20(3,18)19)9-13(17)15-12-6-5-11(14)8-10(12)2/h5-6,8H,4,7,9H2,1-3H3,(H,15,17). The first-order valence-electron chi connectivity index (χ1n) is 6.25. The summed E-state index contributed by atoms with van der Waals surface area (Å²) in [5.74, 6) is -0.366. The molecule has 0 fully saturated rings. The van der Waals surface area contributed by atoms with Gasteiger partial charge in [-0.25, -0.2) is 8.42 Å². The number of aryl methyl sites for hydroxylation is 1. The number of anilines is 1. The Morgan fingerprint density at radius 1 is 1.40 bits per heavy atom. The lowest BCUT2D eigenvalue weighted by Crippen LogP contribution is -2.37. The molecule has 20 heavy (non-hydrogen) atoms. The lowest BCUT2D eigenvalue weighted by molar-refractivity contribution is -0.116. The van der Waals surface area contributed by atoms with Gasteiger partial charge in [0.1, 0.15) is 0 Å². The topological polar surface area (TPSA) is 66.5 Å². The van der Waals surface area contributed by atoms with Gasteiger partial charge in [-0.1, -0.05) is 18.5 Å². The lowest BCUT2D eigenvalue weighted by atomic mass is 10.2. The van der Waals surface area contributed by atoms with Crippen molar-refractivity contribution in [1.82, 2.24) is 4.31 Å². The molecule has 5 nitrogen and oxygen atoms in total. The average molecular weight is 319 g/mol. The van der Waals surface area contributed by atoms with Gasteiger partial charge in [-0.3, -0.25) is 4.79 Å². The van der Waals surface area contributed by atoms with Crippen molar-refractivity contribution in [2.75, 3.05) is 24.7 Å². The second-order valence-electron chi connectivity index (χ2n) is 4.60. The van der Waals surface area contributed by atoms with Gasteiger partial charge in [0, 0.05) is 17.3 Å². The number of hydrogen-bond donors (Lipinski definition) is 1. The van der Waals surface area contributed by atoms with Crippen LogP contribution in [-0.4, -0.2) is 38.0 Å². The van der Waals surface area contributed by atoms with Crippen molar-refractivity contribution < 1.29 is 13.2 Å². The van der Waals surface area contributed by atoms with E-state index in [1.807, 2.05) is 13.8 Å². The van der Waals surface area contributed by atoms with Crippen LogP contribution in [0.5, 0.6) is 0 Å². The molecule has 0 radical (unpaired) electrons. The van der Waals surface area contributed by atoms with Crippen LogP contribution in [0.15, 0.2) is 18.2 Å². The van der Waals surface area contributed by atoms with Gasteiger partial charge in [-0.2, -0.15) is 4.31 Å². The van der Waals surface area contributed by atoms with Crippen LogP contribution in [0, 0.1) is 6.92 Å². The number of nitrogens with one attached hydrogen (secondary N) is 1. The SMILES string of the molecule is CCCN(CC(=O)Nc1ccc(Cl)cc1C)S(C)(=O)=O. The molecule has 0 heterocycles. The zero-order valence-electron chi connectivity index (χ0n) is 11.8. The highest BCUT2D eigenvalue weighted by molar-refractivity contribution is 7.88. The van der Waals surface area contributed by atoms with Crippen LogP contribution in [0.25, 0.3) is 0 Å². The van der Waals surface area contributed by atoms with E-state index in [0.29, 0.717) is 23.7 Å². The van der Waals surface area contributed by atoms with Crippen molar-refractivity contribution in [2.45, 2.75) is 20.3 Å². The molecule has 0 aliphatic rings. The normalized spacial score (nSPS) is 11.7. The smallest absolute Gasteiger partial charge is 0.239 e. The second kappa shape index (κ2) is 7.06. The predicted octanol–water partition coefficient (Wildman–Crippen LogP) is 2.26. The van der Waals surface area contributed by atoms with Gasteiger partial charge in [0.15, 0.2) is 0 Å². The van der Waals surface area contributed by atoms with Gasteiger partial charge in [-0.15, -0.1) is 0 Å². The number of benzene rings is 1. The van der Waals surface area contributed by atoms with Gasteiger partial charge in [0.2, 0.25) is 15.9 Å². The molecule has 1 aromatic rings. The maximum Gasteiger partial charge on any atom is 0.239 e. The van der Waals surface area contributed by atoms with E-state index in [-0.39, 0.29) is 12.5 Å². The van der Waals surface area contributed by atoms with E-state index in [4.69, 9.17) is 11.6 Å². The molecule has 112 valence electrons. The second-order valence-corrected chi connectivity index (χ2v) is 7.02. The van der Waals surface area contributed by atoms with E-state index in [0.717, 1.165) is 16.1 Å². The highest BCUT2D eigenvalue weighted by atomic mass is 35.5. The summed E-state index contributed by atoms with van der Waals surface area (Å²) < 4.78 is 24.3. The van der Waals surface area contributed by atoms with Crippen LogP contribution >= 0.6 is 11.6 Å². The maximum atomic E-state index is 11.9. The molecule has 1 aromatic carbocycles. The number of sulfonamides is 1. The zero-order chi connectivity index (χ0) is 15.3. The Morgan fingerprint density at radius 2 is 2.05 bits per heavy atom. The largest absolute Gasteiger partial charge is 0.325 e. The van der Waals surface area contributed by atoms with Crippen molar-refractivity contribution in [3.63, 3.8) is 0 Å². The Hall–Kier alpha value is -1.11. The summed E-state index contributed by atoms with van der Waals surface area (Å²) in [6, 6.07) is 5.10. The molecule has 1 N–H and O–H groups in total. The number of halogens is 1. The minimum Gasteiger partial charge on any atom is -0.325 e. The van der Waals surface area contributed by atoms with Gasteiger partial charge < -0.3 is 5.32 Å². The van der Waals surface area contributed by atoms with Crippen LogP contribution in [0.3, 0.4) is 0 Å². The fourth-order valence-corrected chi connectivity index (χ4v) is 2.82. The summed E-state index contributed by atoms with van der Waals surface area (Å²) in [4.78, 5) is 11.9. The number of rotatable bonds is 6. The van der Waals surface area contributed by atoms with Crippen molar-refractivity contribution in [3.05, 3.63) is 28.8 Å². The Bertz CT molecular complexity index is 587. The molecule has 0 aliphatic heterocycles. The van der Waals surface area contributed by atoms with Crippen molar-refractivity contribution >= 4 is 33.2 Å². The summed E-state index contributed by atoms with van der Waals surface area (Å²) in [6.07, 6.45) is 1.75. The molecular formula is C13H19ClN2O3S. The van der Waals surface area contributed by atoms with Gasteiger partial charge in [0.05, 0.1) is 12.8 Å². The number of hydrogen-bond acceptors (Lipinski definition) is 3. The number of carbonyl (C=O) groups excluding carboxylic acids is 1. The third kappa shape index (κ3) is 5.11. The van der Waals surface area contributed by atoms with Gasteiger partial charge in [0.25, 0.3) is 0 Å². The Labute approximate surface area is 125 Å². The van der Waals surface area contributed by atoms with Gasteiger partial charge in [-0.05, 0) is 37.1 Å². The molecule has 0 saturated carbocycles.